The summed E-state index contributed by atoms with van der Waals surface area (Å²) in [5.74, 6) is 0.586. The minimum atomic E-state index is -0.377. The highest BCUT2D eigenvalue weighted by Gasteiger charge is 2.27. The maximum absolute atomic E-state index is 12.5. The molecule has 2 N–H and O–H groups in total. The zero-order valence-electron chi connectivity index (χ0n) is 12.4. The Kier molecular flexibility index (Phi) is 4.29. The van der Waals surface area contributed by atoms with E-state index in [1.165, 1.54) is 10.4 Å². The molecule has 0 spiro atoms. The van der Waals surface area contributed by atoms with Crippen LogP contribution < -0.4 is 10.6 Å². The molecular formula is C16H22N2O2S. The standard InChI is InChI=1S/C16H22N2O2S/c1-10-5-6-11-12(9-21-14(11)8-10)15(19)18-13-4-2-3-7-17-16(13)20/h9-10,13H,2-8H2,1H3,(H,17,20)(H,18,19)/t10-,13-/m1/s1. The molecule has 1 aromatic heterocycles. The SMILES string of the molecule is C[C@@H]1CCc2c(C(=O)N[C@@H]3CCCCNC3=O)csc2C1. The van der Waals surface area contributed by atoms with Crippen molar-refractivity contribution in [2.24, 2.45) is 5.92 Å². The second-order valence-corrected chi connectivity index (χ2v) is 7.18. The molecule has 0 saturated carbocycles. The summed E-state index contributed by atoms with van der Waals surface area (Å²) in [5, 5.41) is 7.76. The van der Waals surface area contributed by atoms with Crippen molar-refractivity contribution in [1.82, 2.24) is 10.6 Å². The summed E-state index contributed by atoms with van der Waals surface area (Å²) in [6.45, 7) is 2.98. The van der Waals surface area contributed by atoms with E-state index >= 15 is 0 Å². The maximum Gasteiger partial charge on any atom is 0.253 e. The van der Waals surface area contributed by atoms with Crippen LogP contribution in [0.25, 0.3) is 0 Å². The summed E-state index contributed by atoms with van der Waals surface area (Å²) in [4.78, 5) is 25.8. The Labute approximate surface area is 129 Å². The van der Waals surface area contributed by atoms with Crippen LogP contribution in [0.3, 0.4) is 0 Å². The number of thiophene rings is 1. The summed E-state index contributed by atoms with van der Waals surface area (Å²) >= 11 is 1.69. The number of rotatable bonds is 2. The average Bonchev–Trinajstić information content (AvgIpc) is 2.77. The zero-order valence-corrected chi connectivity index (χ0v) is 13.2. The van der Waals surface area contributed by atoms with Gasteiger partial charge in [-0.05, 0) is 50.0 Å². The van der Waals surface area contributed by atoms with Gasteiger partial charge in [0, 0.05) is 16.8 Å². The molecule has 0 radical (unpaired) electrons. The van der Waals surface area contributed by atoms with Crippen LogP contribution >= 0.6 is 11.3 Å². The number of amides is 2. The van der Waals surface area contributed by atoms with Crippen LogP contribution in [0.5, 0.6) is 0 Å². The van der Waals surface area contributed by atoms with Crippen molar-refractivity contribution < 1.29 is 9.59 Å². The molecule has 2 atom stereocenters. The van der Waals surface area contributed by atoms with Crippen LogP contribution in [0.2, 0.25) is 0 Å². The molecule has 1 aliphatic heterocycles. The summed E-state index contributed by atoms with van der Waals surface area (Å²) < 4.78 is 0. The van der Waals surface area contributed by atoms with E-state index in [0.29, 0.717) is 5.92 Å². The minimum absolute atomic E-state index is 0.0430. The monoisotopic (exact) mass is 306 g/mol. The first-order valence-electron chi connectivity index (χ1n) is 7.83. The number of hydrogen-bond donors (Lipinski definition) is 2. The fourth-order valence-corrected chi connectivity index (χ4v) is 4.43. The third-order valence-corrected chi connectivity index (χ3v) is 5.54. The molecule has 2 heterocycles. The summed E-state index contributed by atoms with van der Waals surface area (Å²) in [5.41, 5.74) is 2.00. The third kappa shape index (κ3) is 3.12. The topological polar surface area (TPSA) is 58.2 Å². The van der Waals surface area contributed by atoms with Crippen LogP contribution in [0.4, 0.5) is 0 Å². The highest BCUT2D eigenvalue weighted by Crippen LogP contribution is 2.32. The average molecular weight is 306 g/mol. The molecule has 21 heavy (non-hydrogen) atoms. The lowest BCUT2D eigenvalue weighted by molar-refractivity contribution is -0.122. The van der Waals surface area contributed by atoms with Crippen molar-refractivity contribution in [3.05, 3.63) is 21.4 Å². The van der Waals surface area contributed by atoms with Gasteiger partial charge in [0.25, 0.3) is 5.91 Å². The van der Waals surface area contributed by atoms with Gasteiger partial charge in [0.05, 0.1) is 5.56 Å². The number of fused-ring (bicyclic) bond motifs is 1. The Morgan fingerprint density at radius 2 is 2.24 bits per heavy atom. The Bertz CT molecular complexity index is 552. The molecule has 0 aromatic carbocycles. The number of nitrogens with one attached hydrogen (secondary N) is 2. The second-order valence-electron chi connectivity index (χ2n) is 6.21. The molecule has 4 nitrogen and oxygen atoms in total. The van der Waals surface area contributed by atoms with Gasteiger partial charge in [-0.25, -0.2) is 0 Å². The second kappa shape index (κ2) is 6.18. The molecular weight excluding hydrogens is 284 g/mol. The van der Waals surface area contributed by atoms with Gasteiger partial charge in [-0.15, -0.1) is 11.3 Å². The van der Waals surface area contributed by atoms with Crippen molar-refractivity contribution >= 4 is 23.2 Å². The molecule has 5 heteroatoms. The van der Waals surface area contributed by atoms with Crippen molar-refractivity contribution in [3.8, 4) is 0 Å². The first-order valence-corrected chi connectivity index (χ1v) is 8.71. The molecule has 114 valence electrons. The molecule has 3 rings (SSSR count). The Morgan fingerprint density at radius 3 is 3.10 bits per heavy atom. The first kappa shape index (κ1) is 14.6. The van der Waals surface area contributed by atoms with E-state index in [4.69, 9.17) is 0 Å². The Morgan fingerprint density at radius 1 is 1.38 bits per heavy atom. The van der Waals surface area contributed by atoms with Gasteiger partial charge < -0.3 is 10.6 Å². The lowest BCUT2D eigenvalue weighted by Crippen LogP contribution is -2.45. The van der Waals surface area contributed by atoms with Crippen molar-refractivity contribution in [1.29, 1.82) is 0 Å². The maximum atomic E-state index is 12.5. The van der Waals surface area contributed by atoms with E-state index in [2.05, 4.69) is 17.6 Å². The molecule has 1 aliphatic carbocycles. The molecule has 1 saturated heterocycles. The van der Waals surface area contributed by atoms with E-state index in [0.717, 1.165) is 50.6 Å². The largest absolute Gasteiger partial charge is 0.354 e. The van der Waals surface area contributed by atoms with Crippen LogP contribution in [0.1, 0.15) is 53.4 Å². The summed E-state index contributed by atoms with van der Waals surface area (Å²) in [6, 6.07) is -0.377. The fourth-order valence-electron chi connectivity index (χ4n) is 3.18. The summed E-state index contributed by atoms with van der Waals surface area (Å²) in [7, 11) is 0. The van der Waals surface area contributed by atoms with E-state index in [9.17, 15) is 9.59 Å². The first-order chi connectivity index (χ1) is 10.1. The highest BCUT2D eigenvalue weighted by atomic mass is 32.1. The Balaban J connectivity index is 1.72. The van der Waals surface area contributed by atoms with Gasteiger partial charge in [0.1, 0.15) is 6.04 Å². The molecule has 0 bridgehead atoms. The molecule has 0 unspecified atom stereocenters. The number of carbonyl (C=O) groups is 2. The van der Waals surface area contributed by atoms with E-state index < -0.39 is 0 Å². The lowest BCUT2D eigenvalue weighted by atomic mass is 9.88. The smallest absolute Gasteiger partial charge is 0.253 e. The van der Waals surface area contributed by atoms with Gasteiger partial charge >= 0.3 is 0 Å². The highest BCUT2D eigenvalue weighted by molar-refractivity contribution is 7.10. The van der Waals surface area contributed by atoms with Gasteiger partial charge in [-0.3, -0.25) is 9.59 Å². The van der Waals surface area contributed by atoms with Gasteiger partial charge in [-0.1, -0.05) is 6.92 Å². The predicted octanol–water partition coefficient (Wildman–Crippen LogP) is 2.27. The van der Waals surface area contributed by atoms with Gasteiger partial charge in [0.15, 0.2) is 0 Å². The molecule has 2 amide bonds. The third-order valence-electron chi connectivity index (χ3n) is 4.49. The van der Waals surface area contributed by atoms with Crippen molar-refractivity contribution in [2.45, 2.75) is 51.5 Å². The number of carbonyl (C=O) groups excluding carboxylic acids is 2. The lowest BCUT2D eigenvalue weighted by Gasteiger charge is -2.20. The van der Waals surface area contributed by atoms with Crippen LogP contribution in [-0.2, 0) is 17.6 Å². The van der Waals surface area contributed by atoms with Crippen LogP contribution in [0, 0.1) is 5.92 Å². The minimum Gasteiger partial charge on any atom is -0.354 e. The quantitative estimate of drug-likeness (QED) is 0.880. The van der Waals surface area contributed by atoms with E-state index in [-0.39, 0.29) is 17.9 Å². The Hall–Kier alpha value is -1.36. The number of hydrogen-bond acceptors (Lipinski definition) is 3. The summed E-state index contributed by atoms with van der Waals surface area (Å²) in [6.07, 6.45) is 5.92. The van der Waals surface area contributed by atoms with Crippen molar-refractivity contribution in [2.75, 3.05) is 6.54 Å². The van der Waals surface area contributed by atoms with Gasteiger partial charge in [0.2, 0.25) is 5.91 Å². The van der Waals surface area contributed by atoms with E-state index in [1.54, 1.807) is 11.3 Å². The molecule has 1 fully saturated rings. The molecule has 1 aromatic rings. The van der Waals surface area contributed by atoms with Crippen LogP contribution in [0.15, 0.2) is 5.38 Å². The van der Waals surface area contributed by atoms with Crippen molar-refractivity contribution in [3.63, 3.8) is 0 Å². The van der Waals surface area contributed by atoms with Crippen LogP contribution in [-0.4, -0.2) is 24.4 Å². The molecule has 2 aliphatic rings. The fraction of sp³-hybridized carbons (Fsp3) is 0.625. The zero-order chi connectivity index (χ0) is 14.8. The predicted molar refractivity (Wildman–Crippen MR) is 83.6 cm³/mol. The van der Waals surface area contributed by atoms with Gasteiger partial charge in [-0.2, -0.15) is 0 Å². The normalized spacial score (nSPS) is 25.7. The van der Waals surface area contributed by atoms with E-state index in [1.807, 2.05) is 5.38 Å².